The van der Waals surface area contributed by atoms with Gasteiger partial charge in [0.2, 0.25) is 11.8 Å². The van der Waals surface area contributed by atoms with Crippen LogP contribution in [0.2, 0.25) is 0 Å². The maximum atomic E-state index is 11.7. The average Bonchev–Trinajstić information content (AvgIpc) is 2.38. The molecule has 0 radical (unpaired) electrons. The van der Waals surface area contributed by atoms with Crippen molar-refractivity contribution in [3.63, 3.8) is 0 Å². The van der Waals surface area contributed by atoms with E-state index in [9.17, 15) is 4.79 Å². The fraction of sp³-hybridized carbons (Fsp3) is 0.500. The normalized spacial score (nSPS) is 11.9. The minimum absolute atomic E-state index is 0.0269. The Labute approximate surface area is 101 Å². The van der Waals surface area contributed by atoms with Gasteiger partial charge in [-0.1, -0.05) is 13.0 Å². The number of hydrogen-bond donors (Lipinski definition) is 2. The van der Waals surface area contributed by atoms with Crippen molar-refractivity contribution in [1.29, 1.82) is 0 Å². The number of carbonyl (C=O) groups excluding carboxylic acids is 1. The van der Waals surface area contributed by atoms with Crippen LogP contribution in [0.4, 0.5) is 0 Å². The lowest BCUT2D eigenvalue weighted by atomic mass is 10.1. The van der Waals surface area contributed by atoms with Gasteiger partial charge in [0.25, 0.3) is 0 Å². The minimum Gasteiger partial charge on any atom is -0.481 e. The molecule has 1 aromatic heterocycles. The molecule has 1 unspecified atom stereocenters. The van der Waals surface area contributed by atoms with Gasteiger partial charge in [0.15, 0.2) is 0 Å². The molecule has 1 rings (SSSR count). The molecule has 0 aliphatic heterocycles. The fourth-order valence-electron chi connectivity index (χ4n) is 1.53. The van der Waals surface area contributed by atoms with Crippen molar-refractivity contribution in [2.75, 3.05) is 13.7 Å². The number of methoxy groups -OCH3 is 1. The first-order valence-electron chi connectivity index (χ1n) is 5.68. The Morgan fingerprint density at radius 2 is 2.41 bits per heavy atom. The Morgan fingerprint density at radius 1 is 1.65 bits per heavy atom. The van der Waals surface area contributed by atoms with Crippen LogP contribution < -0.4 is 15.8 Å². The van der Waals surface area contributed by atoms with E-state index in [0.29, 0.717) is 19.0 Å². The van der Waals surface area contributed by atoms with Crippen LogP contribution in [0.15, 0.2) is 18.3 Å². The van der Waals surface area contributed by atoms with Gasteiger partial charge in [-0.3, -0.25) is 4.79 Å². The molecule has 3 N–H and O–H groups in total. The van der Waals surface area contributed by atoms with Crippen molar-refractivity contribution < 1.29 is 9.53 Å². The number of ether oxygens (including phenoxy) is 1. The largest absolute Gasteiger partial charge is 0.481 e. The standard InChI is InChI=1S/C12H19N3O2/c1-3-9(7-13)11(16)15-8-10-5-4-6-14-12(10)17-2/h4-6,9H,3,7-8,13H2,1-2H3,(H,15,16). The van der Waals surface area contributed by atoms with E-state index < -0.39 is 0 Å². The summed E-state index contributed by atoms with van der Waals surface area (Å²) in [5, 5.41) is 2.84. The molecule has 0 aromatic carbocycles. The van der Waals surface area contributed by atoms with Gasteiger partial charge in [-0.2, -0.15) is 0 Å². The third kappa shape index (κ3) is 3.71. The quantitative estimate of drug-likeness (QED) is 0.763. The summed E-state index contributed by atoms with van der Waals surface area (Å²) in [4.78, 5) is 15.8. The maximum absolute atomic E-state index is 11.7. The van der Waals surface area contributed by atoms with Gasteiger partial charge in [-0.05, 0) is 12.5 Å². The maximum Gasteiger partial charge on any atom is 0.224 e. The Kier molecular flexibility index (Phi) is 5.42. The van der Waals surface area contributed by atoms with Crippen molar-refractivity contribution in [2.24, 2.45) is 11.7 Å². The molecule has 1 atom stereocenters. The van der Waals surface area contributed by atoms with Crippen molar-refractivity contribution >= 4 is 5.91 Å². The highest BCUT2D eigenvalue weighted by atomic mass is 16.5. The van der Waals surface area contributed by atoms with E-state index in [-0.39, 0.29) is 11.8 Å². The molecule has 0 aliphatic carbocycles. The van der Waals surface area contributed by atoms with Gasteiger partial charge in [0.1, 0.15) is 0 Å². The number of hydrogen-bond acceptors (Lipinski definition) is 4. The molecule has 1 heterocycles. The minimum atomic E-state index is -0.127. The van der Waals surface area contributed by atoms with Gasteiger partial charge >= 0.3 is 0 Å². The fourth-order valence-corrected chi connectivity index (χ4v) is 1.53. The lowest BCUT2D eigenvalue weighted by molar-refractivity contribution is -0.124. The average molecular weight is 237 g/mol. The summed E-state index contributed by atoms with van der Waals surface area (Å²) in [6, 6.07) is 3.68. The molecule has 17 heavy (non-hydrogen) atoms. The smallest absolute Gasteiger partial charge is 0.224 e. The van der Waals surface area contributed by atoms with E-state index in [1.165, 1.54) is 0 Å². The van der Waals surface area contributed by atoms with Crippen LogP contribution in [0, 0.1) is 5.92 Å². The first kappa shape index (κ1) is 13.4. The highest BCUT2D eigenvalue weighted by molar-refractivity contribution is 5.78. The number of nitrogens with one attached hydrogen (secondary N) is 1. The zero-order valence-electron chi connectivity index (χ0n) is 10.3. The zero-order valence-corrected chi connectivity index (χ0v) is 10.3. The first-order valence-corrected chi connectivity index (χ1v) is 5.68. The second-order valence-electron chi connectivity index (χ2n) is 3.73. The number of carbonyl (C=O) groups is 1. The monoisotopic (exact) mass is 237 g/mol. The number of rotatable bonds is 6. The molecule has 5 heteroatoms. The van der Waals surface area contributed by atoms with Gasteiger partial charge in [0.05, 0.1) is 7.11 Å². The van der Waals surface area contributed by atoms with E-state index in [1.807, 2.05) is 19.1 Å². The second kappa shape index (κ2) is 6.85. The summed E-state index contributed by atoms with van der Waals surface area (Å²) >= 11 is 0. The summed E-state index contributed by atoms with van der Waals surface area (Å²) in [5.41, 5.74) is 6.37. The van der Waals surface area contributed by atoms with E-state index in [4.69, 9.17) is 10.5 Å². The second-order valence-corrected chi connectivity index (χ2v) is 3.73. The molecule has 0 aliphatic rings. The van der Waals surface area contributed by atoms with Crippen LogP contribution in [0.5, 0.6) is 5.88 Å². The topological polar surface area (TPSA) is 77.2 Å². The Hall–Kier alpha value is -1.62. The SMILES string of the molecule is CCC(CN)C(=O)NCc1cccnc1OC. The lowest BCUT2D eigenvalue weighted by Crippen LogP contribution is -2.34. The van der Waals surface area contributed by atoms with Gasteiger partial charge in [0, 0.05) is 30.8 Å². The van der Waals surface area contributed by atoms with Crippen molar-refractivity contribution in [2.45, 2.75) is 19.9 Å². The van der Waals surface area contributed by atoms with E-state index in [2.05, 4.69) is 10.3 Å². The van der Waals surface area contributed by atoms with E-state index in [1.54, 1.807) is 13.3 Å². The van der Waals surface area contributed by atoms with Crippen LogP contribution in [-0.4, -0.2) is 24.5 Å². The van der Waals surface area contributed by atoms with Crippen LogP contribution in [0.3, 0.4) is 0 Å². The third-order valence-electron chi connectivity index (χ3n) is 2.64. The zero-order chi connectivity index (χ0) is 12.7. The molecular formula is C12H19N3O2. The van der Waals surface area contributed by atoms with Crippen molar-refractivity contribution in [3.05, 3.63) is 23.9 Å². The number of pyridine rings is 1. The molecule has 0 saturated carbocycles. The highest BCUT2D eigenvalue weighted by Crippen LogP contribution is 2.13. The van der Waals surface area contributed by atoms with Crippen molar-refractivity contribution in [3.8, 4) is 5.88 Å². The van der Waals surface area contributed by atoms with E-state index in [0.717, 1.165) is 12.0 Å². The molecule has 1 aromatic rings. The molecule has 94 valence electrons. The molecule has 5 nitrogen and oxygen atoms in total. The van der Waals surface area contributed by atoms with Gasteiger partial charge in [-0.25, -0.2) is 4.98 Å². The van der Waals surface area contributed by atoms with Gasteiger partial charge < -0.3 is 15.8 Å². The van der Waals surface area contributed by atoms with Crippen LogP contribution in [0.25, 0.3) is 0 Å². The molecular weight excluding hydrogens is 218 g/mol. The molecule has 0 bridgehead atoms. The summed E-state index contributed by atoms with van der Waals surface area (Å²) < 4.78 is 5.10. The Morgan fingerprint density at radius 3 is 3.00 bits per heavy atom. The number of nitrogens with zero attached hydrogens (tertiary/aromatic N) is 1. The summed E-state index contributed by atoms with van der Waals surface area (Å²) in [7, 11) is 1.56. The molecule has 0 spiro atoms. The third-order valence-corrected chi connectivity index (χ3v) is 2.64. The summed E-state index contributed by atoms with van der Waals surface area (Å²) in [6.07, 6.45) is 2.39. The van der Waals surface area contributed by atoms with E-state index >= 15 is 0 Å². The predicted octanol–water partition coefficient (Wildman–Crippen LogP) is 0.691. The molecule has 0 saturated heterocycles. The van der Waals surface area contributed by atoms with Gasteiger partial charge in [-0.15, -0.1) is 0 Å². The number of amides is 1. The molecule has 0 fully saturated rings. The first-order chi connectivity index (χ1) is 8.22. The van der Waals surface area contributed by atoms with Crippen LogP contribution in [0.1, 0.15) is 18.9 Å². The lowest BCUT2D eigenvalue weighted by Gasteiger charge is -2.13. The Balaban J connectivity index is 2.58. The highest BCUT2D eigenvalue weighted by Gasteiger charge is 2.14. The summed E-state index contributed by atoms with van der Waals surface area (Å²) in [6.45, 7) is 2.72. The Bertz CT molecular complexity index is 365. The number of nitrogens with two attached hydrogens (primary N) is 1. The van der Waals surface area contributed by atoms with Crippen LogP contribution >= 0.6 is 0 Å². The predicted molar refractivity (Wildman–Crippen MR) is 65.5 cm³/mol. The van der Waals surface area contributed by atoms with Crippen molar-refractivity contribution in [1.82, 2.24) is 10.3 Å². The van der Waals surface area contributed by atoms with Crippen LogP contribution in [-0.2, 0) is 11.3 Å². The number of aromatic nitrogens is 1. The molecule has 1 amide bonds. The summed E-state index contributed by atoms with van der Waals surface area (Å²) in [5.74, 6) is 0.382.